The number of ether oxygens (including phenoxy) is 1. The fourth-order valence-corrected chi connectivity index (χ4v) is 1.28. The first-order chi connectivity index (χ1) is 8.81. The van der Waals surface area contributed by atoms with Crippen LogP contribution in [0.25, 0.3) is 0 Å². The van der Waals surface area contributed by atoms with Gasteiger partial charge in [-0.3, -0.25) is 4.79 Å². The van der Waals surface area contributed by atoms with Gasteiger partial charge in [-0.05, 0) is 24.3 Å². The van der Waals surface area contributed by atoms with Crippen molar-refractivity contribution in [3.8, 4) is 5.75 Å². The third-order valence-electron chi connectivity index (χ3n) is 2.20. The van der Waals surface area contributed by atoms with Crippen LogP contribution < -0.4 is 10.1 Å². The van der Waals surface area contributed by atoms with Gasteiger partial charge in [-0.25, -0.2) is 0 Å². The number of carbonyl (C=O) groups excluding carboxylic acids is 1. The summed E-state index contributed by atoms with van der Waals surface area (Å²) >= 11 is 5.53. The molecule has 1 amide bonds. The molecule has 0 aliphatic rings. The topological polar surface area (TPSA) is 38.3 Å². The summed E-state index contributed by atoms with van der Waals surface area (Å²) in [4.78, 5) is 11.5. The Bertz CT molecular complexity index is 420. The second-order valence-corrected chi connectivity index (χ2v) is 4.28. The molecule has 19 heavy (non-hydrogen) atoms. The summed E-state index contributed by atoms with van der Waals surface area (Å²) in [5.41, 5.74) is 0.473. The second kappa shape index (κ2) is 6.65. The molecule has 0 saturated heterocycles. The maximum absolute atomic E-state index is 11.9. The van der Waals surface area contributed by atoms with Gasteiger partial charge in [-0.2, -0.15) is 13.2 Å². The fraction of sp³-hybridized carbons (Fsp3) is 0.417. The van der Waals surface area contributed by atoms with Gasteiger partial charge in [0.2, 0.25) is 5.91 Å². The Balaban J connectivity index is 2.54. The summed E-state index contributed by atoms with van der Waals surface area (Å²) in [7, 11) is 0. The molecule has 0 fully saturated rings. The summed E-state index contributed by atoms with van der Waals surface area (Å²) in [6.07, 6.45) is -4.37. The average molecular weight is 296 g/mol. The van der Waals surface area contributed by atoms with Crippen LogP contribution in [0.4, 0.5) is 18.9 Å². The lowest BCUT2D eigenvalue weighted by molar-refractivity contribution is -0.153. The number of nitrogens with one attached hydrogen (secondary N) is 1. The van der Waals surface area contributed by atoms with Gasteiger partial charge in [0.05, 0.1) is 0 Å². The van der Waals surface area contributed by atoms with Gasteiger partial charge >= 0.3 is 6.18 Å². The number of amides is 1. The molecule has 106 valence electrons. The van der Waals surface area contributed by atoms with Crippen LogP contribution in [0.3, 0.4) is 0 Å². The Morgan fingerprint density at radius 3 is 2.42 bits per heavy atom. The summed E-state index contributed by atoms with van der Waals surface area (Å²) in [6, 6.07) is 5.63. The molecule has 0 aromatic heterocycles. The monoisotopic (exact) mass is 295 g/mol. The highest BCUT2D eigenvalue weighted by atomic mass is 35.5. The Labute approximate surface area is 113 Å². The first kappa shape index (κ1) is 15.6. The SMILES string of the molecule is CC(CCl)C(=O)Nc1ccc(OCC(F)(F)F)cc1. The van der Waals surface area contributed by atoms with E-state index in [0.717, 1.165) is 0 Å². The van der Waals surface area contributed by atoms with Crippen molar-refractivity contribution >= 4 is 23.2 Å². The van der Waals surface area contributed by atoms with Crippen molar-refractivity contribution in [2.24, 2.45) is 5.92 Å². The molecule has 0 aliphatic carbocycles. The average Bonchev–Trinajstić information content (AvgIpc) is 2.36. The smallest absolute Gasteiger partial charge is 0.422 e. The van der Waals surface area contributed by atoms with Crippen molar-refractivity contribution in [2.75, 3.05) is 17.8 Å². The van der Waals surface area contributed by atoms with E-state index in [2.05, 4.69) is 10.1 Å². The molecule has 0 spiro atoms. The van der Waals surface area contributed by atoms with E-state index in [9.17, 15) is 18.0 Å². The van der Waals surface area contributed by atoms with Crippen molar-refractivity contribution in [3.63, 3.8) is 0 Å². The predicted octanol–water partition coefficient (Wildman–Crippen LogP) is 3.44. The number of hydrogen-bond donors (Lipinski definition) is 1. The summed E-state index contributed by atoms with van der Waals surface area (Å²) in [5, 5.41) is 2.59. The molecule has 1 atom stereocenters. The summed E-state index contributed by atoms with van der Waals surface area (Å²) < 4.78 is 40.3. The molecule has 1 aromatic carbocycles. The number of alkyl halides is 4. The highest BCUT2D eigenvalue weighted by Gasteiger charge is 2.28. The number of halogens is 4. The molecule has 3 nitrogen and oxygen atoms in total. The highest BCUT2D eigenvalue weighted by molar-refractivity contribution is 6.19. The van der Waals surface area contributed by atoms with Crippen LogP contribution in [0.2, 0.25) is 0 Å². The van der Waals surface area contributed by atoms with Crippen LogP contribution in [0.5, 0.6) is 5.75 Å². The Morgan fingerprint density at radius 2 is 1.95 bits per heavy atom. The van der Waals surface area contributed by atoms with E-state index in [0.29, 0.717) is 5.69 Å². The van der Waals surface area contributed by atoms with Crippen molar-refractivity contribution < 1.29 is 22.7 Å². The maximum Gasteiger partial charge on any atom is 0.422 e. The molecule has 0 aliphatic heterocycles. The van der Waals surface area contributed by atoms with Crippen molar-refractivity contribution in [1.82, 2.24) is 0 Å². The van der Waals surface area contributed by atoms with Crippen LogP contribution >= 0.6 is 11.6 Å². The van der Waals surface area contributed by atoms with Gasteiger partial charge in [-0.1, -0.05) is 6.92 Å². The minimum Gasteiger partial charge on any atom is -0.484 e. The molecular weight excluding hydrogens is 283 g/mol. The number of rotatable bonds is 5. The van der Waals surface area contributed by atoms with Crippen LogP contribution in [0.15, 0.2) is 24.3 Å². The van der Waals surface area contributed by atoms with Gasteiger partial charge in [0, 0.05) is 17.5 Å². The quantitative estimate of drug-likeness (QED) is 0.845. The molecule has 1 aromatic rings. The molecule has 0 heterocycles. The van der Waals surface area contributed by atoms with Crippen LogP contribution in [0.1, 0.15) is 6.92 Å². The molecular formula is C12H13ClF3NO2. The predicted molar refractivity (Wildman–Crippen MR) is 66.5 cm³/mol. The lowest BCUT2D eigenvalue weighted by Crippen LogP contribution is -2.21. The third kappa shape index (κ3) is 5.83. The number of benzene rings is 1. The molecule has 0 radical (unpaired) electrons. The third-order valence-corrected chi connectivity index (χ3v) is 2.67. The molecule has 7 heteroatoms. The van der Waals surface area contributed by atoms with E-state index < -0.39 is 12.8 Å². The standard InChI is InChI=1S/C12H13ClF3NO2/c1-8(6-13)11(18)17-9-2-4-10(5-3-9)19-7-12(14,15)16/h2-5,8H,6-7H2,1H3,(H,17,18). The molecule has 0 saturated carbocycles. The zero-order valence-electron chi connectivity index (χ0n) is 10.1. The Kier molecular flexibility index (Phi) is 5.47. The van der Waals surface area contributed by atoms with E-state index in [1.165, 1.54) is 24.3 Å². The zero-order valence-corrected chi connectivity index (χ0v) is 10.9. The zero-order chi connectivity index (χ0) is 14.5. The maximum atomic E-state index is 11.9. The van der Waals surface area contributed by atoms with Gasteiger partial charge in [0.1, 0.15) is 5.75 Å². The molecule has 1 N–H and O–H groups in total. The summed E-state index contributed by atoms with van der Waals surface area (Å²) in [6.45, 7) is 0.325. The van der Waals surface area contributed by atoms with Crippen molar-refractivity contribution in [1.29, 1.82) is 0 Å². The second-order valence-electron chi connectivity index (χ2n) is 3.97. The van der Waals surface area contributed by atoms with E-state index in [4.69, 9.17) is 11.6 Å². The van der Waals surface area contributed by atoms with E-state index in [1.54, 1.807) is 6.92 Å². The number of hydrogen-bond acceptors (Lipinski definition) is 2. The van der Waals surface area contributed by atoms with E-state index in [1.807, 2.05) is 0 Å². The first-order valence-corrected chi connectivity index (χ1v) is 6.01. The van der Waals surface area contributed by atoms with Crippen molar-refractivity contribution in [2.45, 2.75) is 13.1 Å². The Morgan fingerprint density at radius 1 is 1.37 bits per heavy atom. The normalized spacial score (nSPS) is 12.9. The lowest BCUT2D eigenvalue weighted by Gasteiger charge is -2.11. The minimum atomic E-state index is -4.37. The van der Waals surface area contributed by atoms with Gasteiger partial charge in [0.15, 0.2) is 6.61 Å². The highest BCUT2D eigenvalue weighted by Crippen LogP contribution is 2.20. The largest absolute Gasteiger partial charge is 0.484 e. The number of carbonyl (C=O) groups is 1. The van der Waals surface area contributed by atoms with Crippen LogP contribution in [-0.2, 0) is 4.79 Å². The number of anilines is 1. The molecule has 0 bridgehead atoms. The Hall–Kier alpha value is -1.43. The van der Waals surface area contributed by atoms with Crippen LogP contribution in [-0.4, -0.2) is 24.6 Å². The van der Waals surface area contributed by atoms with Crippen LogP contribution in [0, 0.1) is 5.92 Å². The minimum absolute atomic E-state index is 0.0840. The van der Waals surface area contributed by atoms with Crippen molar-refractivity contribution in [3.05, 3.63) is 24.3 Å². The molecule has 1 rings (SSSR count). The molecule has 1 unspecified atom stereocenters. The first-order valence-electron chi connectivity index (χ1n) is 5.48. The van der Waals surface area contributed by atoms with Gasteiger partial charge in [-0.15, -0.1) is 11.6 Å². The fourth-order valence-electron chi connectivity index (χ4n) is 1.14. The van der Waals surface area contributed by atoms with Gasteiger partial charge < -0.3 is 10.1 Å². The lowest BCUT2D eigenvalue weighted by atomic mass is 10.2. The van der Waals surface area contributed by atoms with Gasteiger partial charge in [0.25, 0.3) is 0 Å². The van der Waals surface area contributed by atoms with E-state index in [-0.39, 0.29) is 23.5 Å². The van der Waals surface area contributed by atoms with E-state index >= 15 is 0 Å². The summed E-state index contributed by atoms with van der Waals surface area (Å²) in [5.74, 6) is -0.319.